The molecule has 21 heavy (non-hydrogen) atoms. The summed E-state index contributed by atoms with van der Waals surface area (Å²) in [5.41, 5.74) is 0. The highest BCUT2D eigenvalue weighted by atomic mass is 15.3. The van der Waals surface area contributed by atoms with E-state index in [0.29, 0.717) is 0 Å². The van der Waals surface area contributed by atoms with E-state index in [1.54, 1.807) is 0 Å². The third-order valence-electron chi connectivity index (χ3n) is 4.70. The first-order valence-electron chi connectivity index (χ1n) is 9.36. The molecule has 1 N–H and O–H groups in total. The van der Waals surface area contributed by atoms with E-state index in [2.05, 4.69) is 36.0 Å². The fourth-order valence-corrected chi connectivity index (χ4v) is 3.35. The number of hydrogen-bond acceptors (Lipinski definition) is 3. The molecular formula is C18H41N3. The van der Waals surface area contributed by atoms with Crippen LogP contribution in [0.4, 0.5) is 0 Å². The first-order chi connectivity index (χ1) is 10.2. The summed E-state index contributed by atoms with van der Waals surface area (Å²) in [6.45, 7) is 17.7. The van der Waals surface area contributed by atoms with Gasteiger partial charge in [0.05, 0.1) is 0 Å². The van der Waals surface area contributed by atoms with Gasteiger partial charge < -0.3 is 5.32 Å². The van der Waals surface area contributed by atoms with E-state index in [1.165, 1.54) is 51.9 Å². The monoisotopic (exact) mass is 299 g/mol. The fraction of sp³-hybridized carbons (Fsp3) is 1.00. The Hall–Kier alpha value is -0.120. The molecule has 128 valence electrons. The highest BCUT2D eigenvalue weighted by Crippen LogP contribution is 2.24. The van der Waals surface area contributed by atoms with Crippen molar-refractivity contribution in [3.05, 3.63) is 0 Å². The van der Waals surface area contributed by atoms with Gasteiger partial charge in [-0.1, -0.05) is 27.7 Å². The molecule has 1 aliphatic carbocycles. The van der Waals surface area contributed by atoms with Crippen molar-refractivity contribution in [1.29, 1.82) is 0 Å². The van der Waals surface area contributed by atoms with E-state index in [-0.39, 0.29) is 0 Å². The topological polar surface area (TPSA) is 18.5 Å². The minimum Gasteiger partial charge on any atom is -0.317 e. The molecule has 1 saturated heterocycles. The number of piperazine rings is 1. The second-order valence-corrected chi connectivity index (χ2v) is 5.96. The Bertz CT molecular complexity index is 215. The smallest absolute Gasteiger partial charge is 0.0113 e. The van der Waals surface area contributed by atoms with Crippen molar-refractivity contribution >= 4 is 0 Å². The first kappa shape index (κ1) is 20.9. The van der Waals surface area contributed by atoms with Gasteiger partial charge in [-0.05, 0) is 46.6 Å². The number of nitrogens with one attached hydrogen (secondary N) is 1. The zero-order chi connectivity index (χ0) is 16.3. The predicted octanol–water partition coefficient (Wildman–Crippen LogP) is 3.60. The molecule has 0 aromatic heterocycles. The summed E-state index contributed by atoms with van der Waals surface area (Å²) in [6.07, 6.45) is 5.53. The Balaban J connectivity index is 0.000000921. The summed E-state index contributed by atoms with van der Waals surface area (Å²) in [7, 11) is 2.10. The number of rotatable bonds is 3. The molecular weight excluding hydrogens is 258 g/mol. The summed E-state index contributed by atoms with van der Waals surface area (Å²) in [6, 6.07) is 2.37. The van der Waals surface area contributed by atoms with Crippen molar-refractivity contribution < 1.29 is 0 Å². The zero-order valence-corrected chi connectivity index (χ0v) is 15.8. The standard InChI is InChI=1S/C14H29N3.2C2H6/c1-12(2)16-8-10-17(11-9-16)14-6-4-13(15-3)5-7-14;2*1-2/h12-15H,4-11H2,1-3H3;2*1-2H3. The fourth-order valence-electron chi connectivity index (χ4n) is 3.35. The van der Waals surface area contributed by atoms with Crippen molar-refractivity contribution in [3.8, 4) is 0 Å². The molecule has 0 amide bonds. The summed E-state index contributed by atoms with van der Waals surface area (Å²) < 4.78 is 0. The molecule has 0 atom stereocenters. The molecule has 0 radical (unpaired) electrons. The van der Waals surface area contributed by atoms with Gasteiger partial charge in [0.2, 0.25) is 0 Å². The van der Waals surface area contributed by atoms with Crippen LogP contribution >= 0.6 is 0 Å². The van der Waals surface area contributed by atoms with E-state index in [0.717, 1.165) is 18.1 Å². The maximum Gasteiger partial charge on any atom is 0.0113 e. The van der Waals surface area contributed by atoms with Gasteiger partial charge in [-0.25, -0.2) is 0 Å². The Morgan fingerprint density at radius 1 is 0.810 bits per heavy atom. The Labute approximate surface area is 134 Å². The SMILES string of the molecule is CC.CC.CNC1CCC(N2CCN(C(C)C)CC2)CC1. The van der Waals surface area contributed by atoms with Crippen molar-refractivity contribution in [1.82, 2.24) is 15.1 Å². The molecule has 1 heterocycles. The van der Waals surface area contributed by atoms with Crippen LogP contribution in [-0.2, 0) is 0 Å². The number of nitrogens with zero attached hydrogens (tertiary/aromatic N) is 2. The molecule has 2 aliphatic rings. The van der Waals surface area contributed by atoms with Gasteiger partial charge in [-0.15, -0.1) is 0 Å². The highest BCUT2D eigenvalue weighted by Gasteiger charge is 2.28. The van der Waals surface area contributed by atoms with Gasteiger partial charge >= 0.3 is 0 Å². The van der Waals surface area contributed by atoms with Crippen LogP contribution < -0.4 is 5.32 Å². The molecule has 1 saturated carbocycles. The lowest BCUT2D eigenvalue weighted by atomic mass is 9.90. The average molecular weight is 300 g/mol. The Kier molecular flexibility index (Phi) is 12.4. The van der Waals surface area contributed by atoms with Gasteiger partial charge in [0.1, 0.15) is 0 Å². The third kappa shape index (κ3) is 7.12. The molecule has 2 fully saturated rings. The highest BCUT2D eigenvalue weighted by molar-refractivity contribution is 4.85. The molecule has 3 nitrogen and oxygen atoms in total. The van der Waals surface area contributed by atoms with Crippen molar-refractivity contribution in [2.75, 3.05) is 33.2 Å². The summed E-state index contributed by atoms with van der Waals surface area (Å²) in [4.78, 5) is 5.35. The molecule has 0 spiro atoms. The molecule has 0 bridgehead atoms. The molecule has 0 aromatic rings. The lowest BCUT2D eigenvalue weighted by molar-refractivity contribution is 0.0608. The van der Waals surface area contributed by atoms with Gasteiger partial charge in [0, 0.05) is 44.3 Å². The lowest BCUT2D eigenvalue weighted by Crippen LogP contribution is -2.53. The van der Waals surface area contributed by atoms with Crippen LogP contribution in [0.1, 0.15) is 67.2 Å². The normalized spacial score (nSPS) is 27.4. The van der Waals surface area contributed by atoms with Gasteiger partial charge in [-0.2, -0.15) is 0 Å². The average Bonchev–Trinajstić information content (AvgIpc) is 2.58. The van der Waals surface area contributed by atoms with Crippen LogP contribution in [0.2, 0.25) is 0 Å². The van der Waals surface area contributed by atoms with Crippen LogP contribution in [-0.4, -0.2) is 61.2 Å². The lowest BCUT2D eigenvalue weighted by Gasteiger charge is -2.43. The van der Waals surface area contributed by atoms with E-state index in [4.69, 9.17) is 0 Å². The van der Waals surface area contributed by atoms with E-state index in [9.17, 15) is 0 Å². The van der Waals surface area contributed by atoms with E-state index < -0.39 is 0 Å². The van der Waals surface area contributed by atoms with Crippen LogP contribution in [0.25, 0.3) is 0 Å². The maximum absolute atomic E-state index is 3.42. The minimum absolute atomic E-state index is 0.720. The summed E-state index contributed by atoms with van der Waals surface area (Å²) in [5.74, 6) is 0. The Morgan fingerprint density at radius 3 is 1.67 bits per heavy atom. The van der Waals surface area contributed by atoms with Gasteiger partial charge in [0.15, 0.2) is 0 Å². The third-order valence-corrected chi connectivity index (χ3v) is 4.70. The van der Waals surface area contributed by atoms with Gasteiger partial charge in [-0.3, -0.25) is 9.80 Å². The maximum atomic E-state index is 3.42. The molecule has 0 aromatic carbocycles. The van der Waals surface area contributed by atoms with Crippen LogP contribution in [0.15, 0.2) is 0 Å². The van der Waals surface area contributed by atoms with Crippen LogP contribution in [0, 0.1) is 0 Å². The largest absolute Gasteiger partial charge is 0.317 e. The van der Waals surface area contributed by atoms with Crippen molar-refractivity contribution in [2.45, 2.75) is 85.4 Å². The number of hydrogen-bond donors (Lipinski definition) is 1. The summed E-state index contributed by atoms with van der Waals surface area (Å²) >= 11 is 0. The van der Waals surface area contributed by atoms with Crippen molar-refractivity contribution in [3.63, 3.8) is 0 Å². The predicted molar refractivity (Wildman–Crippen MR) is 96.1 cm³/mol. The van der Waals surface area contributed by atoms with Crippen LogP contribution in [0.5, 0.6) is 0 Å². The first-order valence-corrected chi connectivity index (χ1v) is 9.36. The quantitative estimate of drug-likeness (QED) is 0.859. The van der Waals surface area contributed by atoms with Crippen molar-refractivity contribution in [2.24, 2.45) is 0 Å². The van der Waals surface area contributed by atoms with E-state index >= 15 is 0 Å². The van der Waals surface area contributed by atoms with Gasteiger partial charge in [0.25, 0.3) is 0 Å². The Morgan fingerprint density at radius 2 is 1.29 bits per heavy atom. The van der Waals surface area contributed by atoms with Crippen LogP contribution in [0.3, 0.4) is 0 Å². The van der Waals surface area contributed by atoms with E-state index in [1.807, 2.05) is 27.7 Å². The molecule has 2 rings (SSSR count). The molecule has 3 heteroatoms. The summed E-state index contributed by atoms with van der Waals surface area (Å²) in [5, 5.41) is 3.42. The molecule has 1 aliphatic heterocycles. The molecule has 0 unspecified atom stereocenters. The second kappa shape index (κ2) is 12.4. The zero-order valence-electron chi connectivity index (χ0n) is 15.8. The minimum atomic E-state index is 0.720. The second-order valence-electron chi connectivity index (χ2n) is 5.96.